The molecule has 0 amide bonds. The molecule has 3 atom stereocenters. The SMILES string of the molecule is CC(O)c1cnc(N2CC(C)C(C)C2)s1. The maximum absolute atomic E-state index is 9.44. The van der Waals surface area contributed by atoms with Gasteiger partial charge in [0.25, 0.3) is 0 Å². The van der Waals surface area contributed by atoms with E-state index in [2.05, 4.69) is 23.7 Å². The van der Waals surface area contributed by atoms with Gasteiger partial charge >= 0.3 is 0 Å². The topological polar surface area (TPSA) is 36.4 Å². The molecule has 2 heterocycles. The van der Waals surface area contributed by atoms with Crippen LogP contribution in [0.2, 0.25) is 0 Å². The number of rotatable bonds is 2. The minimum absolute atomic E-state index is 0.395. The van der Waals surface area contributed by atoms with Crippen LogP contribution in [0.5, 0.6) is 0 Å². The molecule has 0 saturated carbocycles. The molecule has 0 radical (unpaired) electrons. The van der Waals surface area contributed by atoms with E-state index in [1.54, 1.807) is 24.5 Å². The van der Waals surface area contributed by atoms with Crippen molar-refractivity contribution in [3.05, 3.63) is 11.1 Å². The number of aliphatic hydroxyl groups excluding tert-OH is 1. The first kappa shape index (κ1) is 10.9. The second-order valence-electron chi connectivity index (χ2n) is 4.58. The second kappa shape index (κ2) is 4.10. The highest BCUT2D eigenvalue weighted by molar-refractivity contribution is 7.15. The van der Waals surface area contributed by atoms with Gasteiger partial charge in [-0.25, -0.2) is 4.98 Å². The highest BCUT2D eigenvalue weighted by Gasteiger charge is 2.27. The van der Waals surface area contributed by atoms with E-state index in [0.29, 0.717) is 0 Å². The van der Waals surface area contributed by atoms with Crippen molar-refractivity contribution in [3.63, 3.8) is 0 Å². The van der Waals surface area contributed by atoms with Crippen LogP contribution >= 0.6 is 11.3 Å². The molecule has 1 aromatic heterocycles. The molecule has 0 bridgehead atoms. The first-order valence-corrected chi connectivity index (χ1v) is 6.28. The zero-order valence-corrected chi connectivity index (χ0v) is 10.3. The van der Waals surface area contributed by atoms with Crippen LogP contribution in [0.1, 0.15) is 31.8 Å². The molecule has 0 aliphatic carbocycles. The molecule has 15 heavy (non-hydrogen) atoms. The summed E-state index contributed by atoms with van der Waals surface area (Å²) >= 11 is 1.61. The molecule has 3 nitrogen and oxygen atoms in total. The molecular formula is C11H18N2OS. The van der Waals surface area contributed by atoms with Gasteiger partial charge in [0.2, 0.25) is 0 Å². The summed E-state index contributed by atoms with van der Waals surface area (Å²) in [5, 5.41) is 10.5. The van der Waals surface area contributed by atoms with Crippen LogP contribution < -0.4 is 4.90 Å². The van der Waals surface area contributed by atoms with Crippen molar-refractivity contribution < 1.29 is 5.11 Å². The summed E-state index contributed by atoms with van der Waals surface area (Å²) in [6, 6.07) is 0. The highest BCUT2D eigenvalue weighted by Crippen LogP contribution is 2.32. The predicted octanol–water partition coefficient (Wildman–Crippen LogP) is 2.29. The Kier molecular flexibility index (Phi) is 2.98. The number of thiazole rings is 1. The lowest BCUT2D eigenvalue weighted by atomic mass is 10.0. The van der Waals surface area contributed by atoms with Gasteiger partial charge in [-0.2, -0.15) is 0 Å². The summed E-state index contributed by atoms with van der Waals surface area (Å²) in [4.78, 5) is 7.65. The summed E-state index contributed by atoms with van der Waals surface area (Å²) in [5.74, 6) is 1.48. The van der Waals surface area contributed by atoms with Gasteiger partial charge < -0.3 is 10.0 Å². The largest absolute Gasteiger partial charge is 0.388 e. The van der Waals surface area contributed by atoms with E-state index >= 15 is 0 Å². The number of anilines is 1. The van der Waals surface area contributed by atoms with Crippen LogP contribution in [0, 0.1) is 11.8 Å². The van der Waals surface area contributed by atoms with E-state index in [1.165, 1.54) is 0 Å². The Bertz CT molecular complexity index is 327. The van der Waals surface area contributed by atoms with Crippen LogP contribution in [0.4, 0.5) is 5.13 Å². The standard InChI is InChI=1S/C11H18N2OS/c1-7-5-13(6-8(7)2)11-12-4-10(15-11)9(3)14/h4,7-9,14H,5-6H2,1-3H3. The van der Waals surface area contributed by atoms with E-state index in [4.69, 9.17) is 0 Å². The quantitative estimate of drug-likeness (QED) is 0.840. The Balaban J connectivity index is 2.10. The molecule has 1 fully saturated rings. The number of hydrogen-bond acceptors (Lipinski definition) is 4. The van der Waals surface area contributed by atoms with Crippen molar-refractivity contribution in [3.8, 4) is 0 Å². The Labute approximate surface area is 94.8 Å². The zero-order chi connectivity index (χ0) is 11.0. The van der Waals surface area contributed by atoms with Crippen molar-refractivity contribution in [2.24, 2.45) is 11.8 Å². The summed E-state index contributed by atoms with van der Waals surface area (Å²) < 4.78 is 0. The molecule has 1 aliphatic rings. The van der Waals surface area contributed by atoms with Gasteiger partial charge in [-0.05, 0) is 18.8 Å². The number of aliphatic hydroxyl groups is 1. The van der Waals surface area contributed by atoms with Crippen LogP contribution in [-0.4, -0.2) is 23.2 Å². The number of nitrogens with zero attached hydrogens (tertiary/aromatic N) is 2. The van der Waals surface area contributed by atoms with Crippen molar-refractivity contribution in [2.75, 3.05) is 18.0 Å². The molecule has 0 spiro atoms. The zero-order valence-electron chi connectivity index (χ0n) is 9.47. The maximum Gasteiger partial charge on any atom is 0.185 e. The first-order chi connectivity index (χ1) is 7.08. The Morgan fingerprint density at radius 3 is 2.53 bits per heavy atom. The van der Waals surface area contributed by atoms with Gasteiger partial charge in [0, 0.05) is 19.3 Å². The lowest BCUT2D eigenvalue weighted by molar-refractivity contribution is 0.203. The highest BCUT2D eigenvalue weighted by atomic mass is 32.1. The second-order valence-corrected chi connectivity index (χ2v) is 5.62. The van der Waals surface area contributed by atoms with Crippen molar-refractivity contribution >= 4 is 16.5 Å². The summed E-state index contributed by atoms with van der Waals surface area (Å²) in [6.45, 7) is 8.54. The first-order valence-electron chi connectivity index (χ1n) is 5.46. The van der Waals surface area contributed by atoms with Gasteiger partial charge in [-0.1, -0.05) is 25.2 Å². The van der Waals surface area contributed by atoms with Crippen LogP contribution in [0.25, 0.3) is 0 Å². The lowest BCUT2D eigenvalue weighted by Crippen LogP contribution is -2.18. The fraction of sp³-hybridized carbons (Fsp3) is 0.727. The third kappa shape index (κ3) is 2.16. The van der Waals surface area contributed by atoms with Crippen molar-refractivity contribution in [2.45, 2.75) is 26.9 Å². The van der Waals surface area contributed by atoms with Gasteiger partial charge in [0.05, 0.1) is 11.0 Å². The molecule has 1 N–H and O–H groups in total. The van der Waals surface area contributed by atoms with Crippen LogP contribution in [-0.2, 0) is 0 Å². The maximum atomic E-state index is 9.44. The monoisotopic (exact) mass is 226 g/mol. The summed E-state index contributed by atoms with van der Waals surface area (Å²) in [7, 11) is 0. The Morgan fingerprint density at radius 1 is 1.47 bits per heavy atom. The molecule has 4 heteroatoms. The molecule has 84 valence electrons. The van der Waals surface area contributed by atoms with Crippen molar-refractivity contribution in [1.82, 2.24) is 4.98 Å². The normalized spacial score (nSPS) is 28.4. The van der Waals surface area contributed by atoms with Gasteiger partial charge in [-0.3, -0.25) is 0 Å². The van der Waals surface area contributed by atoms with E-state index in [1.807, 2.05) is 0 Å². The smallest absolute Gasteiger partial charge is 0.185 e. The number of aromatic nitrogens is 1. The molecule has 0 aromatic carbocycles. The van der Waals surface area contributed by atoms with E-state index in [0.717, 1.165) is 34.9 Å². The fourth-order valence-corrected chi connectivity index (χ4v) is 2.77. The molecular weight excluding hydrogens is 208 g/mol. The molecule has 1 saturated heterocycles. The van der Waals surface area contributed by atoms with E-state index in [9.17, 15) is 5.11 Å². The fourth-order valence-electron chi connectivity index (χ4n) is 1.90. The van der Waals surface area contributed by atoms with Gasteiger partial charge in [-0.15, -0.1) is 0 Å². The predicted molar refractivity (Wildman–Crippen MR) is 63.3 cm³/mol. The molecule has 2 rings (SSSR count). The number of hydrogen-bond donors (Lipinski definition) is 1. The Hall–Kier alpha value is -0.610. The average molecular weight is 226 g/mol. The van der Waals surface area contributed by atoms with Crippen molar-refractivity contribution in [1.29, 1.82) is 0 Å². The third-order valence-corrected chi connectivity index (χ3v) is 4.41. The van der Waals surface area contributed by atoms with Gasteiger partial charge in [0.1, 0.15) is 0 Å². The minimum Gasteiger partial charge on any atom is -0.388 e. The van der Waals surface area contributed by atoms with Crippen LogP contribution in [0.15, 0.2) is 6.20 Å². The molecule has 3 unspecified atom stereocenters. The minimum atomic E-state index is -0.395. The van der Waals surface area contributed by atoms with Crippen LogP contribution in [0.3, 0.4) is 0 Å². The van der Waals surface area contributed by atoms with E-state index in [-0.39, 0.29) is 0 Å². The third-order valence-electron chi connectivity index (χ3n) is 3.18. The van der Waals surface area contributed by atoms with E-state index < -0.39 is 6.10 Å². The average Bonchev–Trinajstić information content (AvgIpc) is 2.74. The van der Waals surface area contributed by atoms with Gasteiger partial charge in [0.15, 0.2) is 5.13 Å². The summed E-state index contributed by atoms with van der Waals surface area (Å²) in [5.41, 5.74) is 0. The molecule has 1 aromatic rings. The molecule has 1 aliphatic heterocycles. The summed E-state index contributed by atoms with van der Waals surface area (Å²) in [6.07, 6.45) is 1.40. The lowest BCUT2D eigenvalue weighted by Gasteiger charge is -2.13. The Morgan fingerprint density at radius 2 is 2.07 bits per heavy atom.